The summed E-state index contributed by atoms with van der Waals surface area (Å²) in [6, 6.07) is 5.99. The first-order chi connectivity index (χ1) is 6.74. The van der Waals surface area contributed by atoms with Gasteiger partial charge in [0, 0.05) is 12.6 Å². The summed E-state index contributed by atoms with van der Waals surface area (Å²) in [6.45, 7) is 2.38. The van der Waals surface area contributed by atoms with Gasteiger partial charge in [-0.15, -0.1) is 0 Å². The summed E-state index contributed by atoms with van der Waals surface area (Å²) in [5, 5.41) is 0. The van der Waals surface area contributed by atoms with Gasteiger partial charge in [0.25, 0.3) is 0 Å². The molecule has 14 heavy (non-hydrogen) atoms. The first-order valence-electron chi connectivity index (χ1n) is 4.46. The van der Waals surface area contributed by atoms with Gasteiger partial charge in [0.05, 0.1) is 17.6 Å². The van der Waals surface area contributed by atoms with E-state index in [-0.39, 0.29) is 0 Å². The van der Waals surface area contributed by atoms with E-state index < -0.39 is 0 Å². The van der Waals surface area contributed by atoms with Crippen molar-refractivity contribution in [2.75, 3.05) is 0 Å². The van der Waals surface area contributed by atoms with Gasteiger partial charge in [0.2, 0.25) is 0 Å². The average Bonchev–Trinajstić information content (AvgIpc) is 2.46. The van der Waals surface area contributed by atoms with Crippen molar-refractivity contribution in [1.29, 1.82) is 0 Å². The van der Waals surface area contributed by atoms with Gasteiger partial charge < -0.3 is 4.57 Å². The van der Waals surface area contributed by atoms with Crippen molar-refractivity contribution < 1.29 is 4.84 Å². The topological polar surface area (TPSA) is 53.1 Å². The van der Waals surface area contributed by atoms with Gasteiger partial charge in [-0.2, -0.15) is 0 Å². The largest absolute Gasteiger partial charge is 0.331 e. The zero-order chi connectivity index (χ0) is 10.1. The van der Waals surface area contributed by atoms with Crippen molar-refractivity contribution >= 4 is 11.0 Å². The molecule has 1 heterocycles. The van der Waals surface area contributed by atoms with Crippen LogP contribution in [-0.4, -0.2) is 9.55 Å². The fraction of sp³-hybridized carbons (Fsp3) is 0.300. The van der Waals surface area contributed by atoms with Crippen LogP contribution in [0.4, 0.5) is 0 Å². The van der Waals surface area contributed by atoms with Crippen LogP contribution in [0.5, 0.6) is 0 Å². The second-order valence-electron chi connectivity index (χ2n) is 3.31. The molecule has 1 aromatic carbocycles. The third-order valence-electron chi connectivity index (χ3n) is 2.46. The molecule has 0 radical (unpaired) electrons. The van der Waals surface area contributed by atoms with Crippen LogP contribution in [0.15, 0.2) is 18.2 Å². The molecule has 0 saturated carbocycles. The van der Waals surface area contributed by atoms with Crippen molar-refractivity contribution in [2.24, 2.45) is 12.9 Å². The van der Waals surface area contributed by atoms with E-state index in [4.69, 9.17) is 5.90 Å². The van der Waals surface area contributed by atoms with Gasteiger partial charge in [0.15, 0.2) is 0 Å². The first kappa shape index (κ1) is 9.18. The molecule has 4 nitrogen and oxygen atoms in total. The molecule has 0 aliphatic heterocycles. The average molecular weight is 191 g/mol. The van der Waals surface area contributed by atoms with Crippen LogP contribution in [0.1, 0.15) is 11.4 Å². The number of para-hydroxylation sites is 1. The minimum absolute atomic E-state index is 0.397. The van der Waals surface area contributed by atoms with Crippen LogP contribution >= 0.6 is 0 Å². The molecule has 0 saturated heterocycles. The fourth-order valence-electron chi connectivity index (χ4n) is 1.59. The Morgan fingerprint density at radius 2 is 2.29 bits per heavy atom. The minimum Gasteiger partial charge on any atom is -0.331 e. The van der Waals surface area contributed by atoms with Gasteiger partial charge in [-0.3, -0.25) is 4.84 Å². The maximum atomic E-state index is 5.06. The maximum absolute atomic E-state index is 5.06. The summed E-state index contributed by atoms with van der Waals surface area (Å²) >= 11 is 0. The van der Waals surface area contributed by atoms with Crippen LogP contribution in [-0.2, 0) is 18.5 Å². The fourth-order valence-corrected chi connectivity index (χ4v) is 1.59. The summed E-state index contributed by atoms with van der Waals surface area (Å²) < 4.78 is 2.05. The Labute approximate surface area is 82.3 Å². The number of fused-ring (bicyclic) bond motifs is 1. The number of rotatable bonds is 2. The highest BCUT2D eigenvalue weighted by molar-refractivity contribution is 5.79. The lowest BCUT2D eigenvalue weighted by Crippen LogP contribution is -1.99. The molecule has 0 unspecified atom stereocenters. The lowest BCUT2D eigenvalue weighted by molar-refractivity contribution is 0.125. The molecule has 2 N–H and O–H groups in total. The third kappa shape index (κ3) is 1.29. The summed E-state index contributed by atoms with van der Waals surface area (Å²) in [5.41, 5.74) is 3.10. The highest BCUT2D eigenvalue weighted by atomic mass is 16.6. The number of nitrogens with zero attached hydrogens (tertiary/aromatic N) is 2. The Balaban J connectivity index is 2.68. The molecular formula is C10H13N3O. The predicted octanol–water partition coefficient (Wildman–Crippen LogP) is 1.27. The van der Waals surface area contributed by atoms with Crippen molar-refractivity contribution in [1.82, 2.24) is 9.55 Å². The highest BCUT2D eigenvalue weighted by Gasteiger charge is 2.07. The zero-order valence-electron chi connectivity index (χ0n) is 8.32. The standard InChI is InChI=1S/C10H13N3O/c1-7-12-10-8(6-14-11)4-3-5-9(10)13(7)2/h3-5H,6,11H2,1-2H3. The van der Waals surface area contributed by atoms with E-state index in [2.05, 4.69) is 14.4 Å². The molecule has 0 bridgehead atoms. The number of hydrogen-bond donors (Lipinski definition) is 1. The van der Waals surface area contributed by atoms with Gasteiger partial charge in [0.1, 0.15) is 5.82 Å². The van der Waals surface area contributed by atoms with E-state index in [1.165, 1.54) is 0 Å². The molecule has 0 aliphatic carbocycles. The van der Waals surface area contributed by atoms with E-state index in [0.717, 1.165) is 22.4 Å². The summed E-state index contributed by atoms with van der Waals surface area (Å²) in [7, 11) is 2.00. The van der Waals surface area contributed by atoms with E-state index in [0.29, 0.717) is 6.61 Å². The Morgan fingerprint density at radius 3 is 3.00 bits per heavy atom. The highest BCUT2D eigenvalue weighted by Crippen LogP contribution is 2.18. The molecule has 2 aromatic rings. The van der Waals surface area contributed by atoms with E-state index >= 15 is 0 Å². The zero-order valence-corrected chi connectivity index (χ0v) is 8.32. The molecule has 74 valence electrons. The van der Waals surface area contributed by atoms with Crippen LogP contribution in [0.25, 0.3) is 11.0 Å². The van der Waals surface area contributed by atoms with E-state index in [9.17, 15) is 0 Å². The quantitative estimate of drug-likeness (QED) is 0.727. The molecule has 0 spiro atoms. The Hall–Kier alpha value is -1.39. The smallest absolute Gasteiger partial charge is 0.106 e. The van der Waals surface area contributed by atoms with E-state index in [1.54, 1.807) is 0 Å². The molecule has 0 aliphatic rings. The lowest BCUT2D eigenvalue weighted by atomic mass is 10.2. The Kier molecular flexibility index (Phi) is 2.23. The van der Waals surface area contributed by atoms with Crippen LogP contribution in [0.2, 0.25) is 0 Å². The van der Waals surface area contributed by atoms with Crippen molar-refractivity contribution in [3.63, 3.8) is 0 Å². The second kappa shape index (κ2) is 3.40. The first-order valence-corrected chi connectivity index (χ1v) is 4.46. The van der Waals surface area contributed by atoms with Crippen LogP contribution in [0, 0.1) is 6.92 Å². The third-order valence-corrected chi connectivity index (χ3v) is 2.46. The van der Waals surface area contributed by atoms with Crippen molar-refractivity contribution in [3.05, 3.63) is 29.6 Å². The Morgan fingerprint density at radius 1 is 1.50 bits per heavy atom. The van der Waals surface area contributed by atoms with Crippen molar-refractivity contribution in [2.45, 2.75) is 13.5 Å². The van der Waals surface area contributed by atoms with Gasteiger partial charge in [-0.05, 0) is 13.0 Å². The Bertz CT molecular complexity index is 462. The summed E-state index contributed by atoms with van der Waals surface area (Å²) in [6.07, 6.45) is 0. The van der Waals surface area contributed by atoms with Gasteiger partial charge in [-0.1, -0.05) is 12.1 Å². The normalized spacial score (nSPS) is 11.1. The number of aromatic nitrogens is 2. The van der Waals surface area contributed by atoms with Crippen LogP contribution in [0.3, 0.4) is 0 Å². The molecule has 0 amide bonds. The molecule has 0 atom stereocenters. The number of imidazole rings is 1. The van der Waals surface area contributed by atoms with Gasteiger partial charge >= 0.3 is 0 Å². The number of benzene rings is 1. The van der Waals surface area contributed by atoms with Gasteiger partial charge in [-0.25, -0.2) is 10.9 Å². The number of nitrogens with two attached hydrogens (primary N) is 1. The molecule has 1 aromatic heterocycles. The molecule has 4 heteroatoms. The lowest BCUT2D eigenvalue weighted by Gasteiger charge is -2.00. The second-order valence-corrected chi connectivity index (χ2v) is 3.31. The van der Waals surface area contributed by atoms with Crippen LogP contribution < -0.4 is 5.90 Å². The van der Waals surface area contributed by atoms with E-state index in [1.807, 2.05) is 32.2 Å². The molecular weight excluding hydrogens is 178 g/mol. The number of aryl methyl sites for hydroxylation is 2. The molecule has 0 fully saturated rings. The summed E-state index contributed by atoms with van der Waals surface area (Å²) in [4.78, 5) is 9.09. The predicted molar refractivity (Wildman–Crippen MR) is 54.4 cm³/mol. The van der Waals surface area contributed by atoms with Crippen molar-refractivity contribution in [3.8, 4) is 0 Å². The maximum Gasteiger partial charge on any atom is 0.106 e. The minimum atomic E-state index is 0.397. The molecule has 2 rings (SSSR count). The monoisotopic (exact) mass is 191 g/mol. The SMILES string of the molecule is Cc1nc2c(CON)cccc2n1C. The number of hydrogen-bond acceptors (Lipinski definition) is 3. The summed E-state index contributed by atoms with van der Waals surface area (Å²) in [5.74, 6) is 6.05.